The number of ether oxygens (including phenoxy) is 4. The van der Waals surface area contributed by atoms with E-state index in [4.69, 9.17) is 29.5 Å². The molecule has 0 radical (unpaired) electrons. The Hall–Kier alpha value is -0.770. The number of aliphatic hydroxyl groups excluding tert-OH is 2. The van der Waals surface area contributed by atoms with Gasteiger partial charge in [-0.25, -0.2) is 0 Å². The molecule has 36 heavy (non-hydrogen) atoms. The number of hydrogen-bond acceptors (Lipinski definition) is 7. The van der Waals surface area contributed by atoms with Crippen molar-refractivity contribution in [3.05, 3.63) is 0 Å². The van der Waals surface area contributed by atoms with Gasteiger partial charge >= 0.3 is 5.97 Å². The quantitative estimate of drug-likeness (QED) is 0.102. The molecule has 0 atom stereocenters. The molecule has 0 spiro atoms. The van der Waals surface area contributed by atoms with Crippen LogP contribution in [0, 0.1) is 0 Å². The van der Waals surface area contributed by atoms with Gasteiger partial charge in [-0.3, -0.25) is 4.79 Å². The predicted octanol–water partition coefficient (Wildman–Crippen LogP) is 5.37. The Morgan fingerprint density at radius 3 is 1.17 bits per heavy atom. The summed E-state index contributed by atoms with van der Waals surface area (Å²) < 4.78 is 19.5. The summed E-state index contributed by atoms with van der Waals surface area (Å²) in [5.74, 6) is -0.653. The van der Waals surface area contributed by atoms with Crippen LogP contribution < -0.4 is 0 Å². The summed E-state index contributed by atoms with van der Waals surface area (Å²) in [4.78, 5) is 10.3. The minimum atomic E-state index is -0.653. The van der Waals surface area contributed by atoms with Crippen LogP contribution in [0.25, 0.3) is 0 Å². The molecular weight excluding hydrogens is 464 g/mol. The first kappa shape index (κ1) is 37.4. The molecule has 1 aliphatic heterocycles. The fourth-order valence-electron chi connectivity index (χ4n) is 3.32. The second-order valence-corrected chi connectivity index (χ2v) is 8.99. The monoisotopic (exact) mass is 522 g/mol. The maximum atomic E-state index is 10.3. The Morgan fingerprint density at radius 1 is 0.583 bits per heavy atom. The van der Waals surface area contributed by atoms with Crippen molar-refractivity contribution in [1.29, 1.82) is 0 Å². The van der Waals surface area contributed by atoms with Crippen LogP contribution in [0.5, 0.6) is 0 Å². The number of epoxide rings is 1. The van der Waals surface area contributed by atoms with E-state index in [0.29, 0.717) is 46.1 Å². The van der Waals surface area contributed by atoms with Crippen LogP contribution in [-0.2, 0) is 23.7 Å². The van der Waals surface area contributed by atoms with Gasteiger partial charge in [-0.2, -0.15) is 0 Å². The number of carboxylic acids is 1. The molecule has 0 unspecified atom stereocenters. The van der Waals surface area contributed by atoms with Crippen molar-refractivity contribution in [3.8, 4) is 0 Å². The lowest BCUT2D eigenvalue weighted by atomic mass is 10.0. The van der Waals surface area contributed by atoms with Crippen LogP contribution in [0.2, 0.25) is 0 Å². The average molecular weight is 523 g/mol. The lowest BCUT2D eigenvalue weighted by Gasteiger charge is -2.04. The van der Waals surface area contributed by atoms with Crippen molar-refractivity contribution >= 4 is 5.97 Å². The Morgan fingerprint density at radius 2 is 0.889 bits per heavy atom. The maximum Gasteiger partial charge on any atom is 0.303 e. The first-order valence-corrected chi connectivity index (χ1v) is 14.4. The van der Waals surface area contributed by atoms with Crippen molar-refractivity contribution in [2.45, 2.75) is 110 Å². The molecule has 0 saturated carbocycles. The second kappa shape index (κ2) is 36.4. The van der Waals surface area contributed by atoms with Gasteiger partial charge in [-0.1, -0.05) is 96.8 Å². The summed E-state index contributed by atoms with van der Waals surface area (Å²) in [6.45, 7) is 7.03. The van der Waals surface area contributed by atoms with Crippen LogP contribution in [0.1, 0.15) is 110 Å². The van der Waals surface area contributed by atoms with Gasteiger partial charge in [0.1, 0.15) is 0 Å². The Bertz CT molecular complexity index is 381. The standard InChI is InChI=1S/C18H36O2.C8H18O5.C2H4O/c1-2-3-4-5-6-7-8-9-10-11-12-13-14-15-16-17-18(19)20;9-1-3-11-5-7-13-8-6-12-4-2-10;1-2-3-1/h2-17H2,1H3,(H,19,20);9-10H,1-8H2;1-2H2. The molecule has 0 amide bonds. The summed E-state index contributed by atoms with van der Waals surface area (Å²) in [6.07, 6.45) is 20.2. The highest BCUT2D eigenvalue weighted by atomic mass is 16.6. The molecule has 1 rings (SSSR count). The molecular formula is C28H58O8. The predicted molar refractivity (Wildman–Crippen MR) is 145 cm³/mol. The molecule has 8 nitrogen and oxygen atoms in total. The van der Waals surface area contributed by atoms with E-state index >= 15 is 0 Å². The number of carboxylic acid groups (broad SMARTS) is 1. The lowest BCUT2D eigenvalue weighted by molar-refractivity contribution is -0.137. The summed E-state index contributed by atoms with van der Waals surface area (Å²) in [7, 11) is 0. The van der Waals surface area contributed by atoms with E-state index in [9.17, 15) is 4.79 Å². The minimum Gasteiger partial charge on any atom is -0.481 e. The zero-order valence-corrected chi connectivity index (χ0v) is 23.3. The van der Waals surface area contributed by atoms with Crippen molar-refractivity contribution in [2.75, 3.05) is 66.1 Å². The maximum absolute atomic E-state index is 10.3. The topological polar surface area (TPSA) is 118 Å². The Labute approximate surface area is 221 Å². The van der Waals surface area contributed by atoms with Gasteiger partial charge in [0.15, 0.2) is 0 Å². The normalized spacial score (nSPS) is 11.9. The van der Waals surface area contributed by atoms with Crippen LogP contribution in [0.3, 0.4) is 0 Å². The van der Waals surface area contributed by atoms with E-state index in [0.717, 1.165) is 26.1 Å². The van der Waals surface area contributed by atoms with Crippen molar-refractivity contribution in [3.63, 3.8) is 0 Å². The summed E-state index contributed by atoms with van der Waals surface area (Å²) in [6, 6.07) is 0. The van der Waals surface area contributed by atoms with Gasteiger partial charge in [0.05, 0.1) is 66.1 Å². The second-order valence-electron chi connectivity index (χ2n) is 8.99. The highest BCUT2D eigenvalue weighted by molar-refractivity contribution is 5.66. The average Bonchev–Trinajstić information content (AvgIpc) is 3.75. The van der Waals surface area contributed by atoms with E-state index in [1.807, 2.05) is 0 Å². The minimum absolute atomic E-state index is 0.0413. The van der Waals surface area contributed by atoms with E-state index < -0.39 is 5.97 Å². The largest absolute Gasteiger partial charge is 0.481 e. The van der Waals surface area contributed by atoms with E-state index in [1.54, 1.807) is 0 Å². The number of aliphatic hydroxyl groups is 2. The molecule has 0 bridgehead atoms. The van der Waals surface area contributed by atoms with Crippen LogP contribution in [-0.4, -0.2) is 87.4 Å². The third kappa shape index (κ3) is 46.6. The molecule has 1 saturated heterocycles. The number of carbonyl (C=O) groups is 1. The molecule has 0 aromatic rings. The first-order valence-electron chi connectivity index (χ1n) is 14.4. The highest BCUT2D eigenvalue weighted by Crippen LogP contribution is 2.13. The Kier molecular flexibility index (Phi) is 37.8. The zero-order valence-electron chi connectivity index (χ0n) is 23.3. The molecule has 8 heteroatoms. The van der Waals surface area contributed by atoms with Crippen molar-refractivity contribution < 1.29 is 39.1 Å². The van der Waals surface area contributed by atoms with Gasteiger partial charge in [0.2, 0.25) is 0 Å². The fourth-order valence-corrected chi connectivity index (χ4v) is 3.32. The van der Waals surface area contributed by atoms with Gasteiger partial charge in [0.25, 0.3) is 0 Å². The van der Waals surface area contributed by atoms with Gasteiger partial charge in [0, 0.05) is 6.42 Å². The van der Waals surface area contributed by atoms with E-state index in [2.05, 4.69) is 11.7 Å². The molecule has 218 valence electrons. The molecule has 0 aromatic carbocycles. The number of rotatable bonds is 26. The van der Waals surface area contributed by atoms with E-state index in [1.165, 1.54) is 83.5 Å². The number of aliphatic carboxylic acids is 1. The van der Waals surface area contributed by atoms with Crippen molar-refractivity contribution in [2.24, 2.45) is 0 Å². The smallest absolute Gasteiger partial charge is 0.303 e. The summed E-state index contributed by atoms with van der Waals surface area (Å²) in [5.41, 5.74) is 0. The van der Waals surface area contributed by atoms with Crippen LogP contribution in [0.4, 0.5) is 0 Å². The molecule has 3 N–H and O–H groups in total. The summed E-state index contributed by atoms with van der Waals surface area (Å²) in [5, 5.41) is 25.2. The van der Waals surface area contributed by atoms with Crippen molar-refractivity contribution in [1.82, 2.24) is 0 Å². The third-order valence-electron chi connectivity index (χ3n) is 5.41. The first-order chi connectivity index (χ1) is 17.7. The van der Waals surface area contributed by atoms with Crippen LogP contribution in [0.15, 0.2) is 0 Å². The molecule has 0 aromatic heterocycles. The molecule has 0 aliphatic carbocycles. The van der Waals surface area contributed by atoms with Gasteiger partial charge in [-0.05, 0) is 6.42 Å². The molecule has 1 heterocycles. The third-order valence-corrected chi connectivity index (χ3v) is 5.41. The summed E-state index contributed by atoms with van der Waals surface area (Å²) >= 11 is 0. The Balaban J connectivity index is 0. The van der Waals surface area contributed by atoms with Gasteiger partial charge in [-0.15, -0.1) is 0 Å². The fraction of sp³-hybridized carbons (Fsp3) is 0.964. The lowest BCUT2D eigenvalue weighted by Crippen LogP contribution is -2.11. The number of hydrogen-bond donors (Lipinski definition) is 3. The van der Waals surface area contributed by atoms with E-state index in [-0.39, 0.29) is 13.2 Å². The highest BCUT2D eigenvalue weighted by Gasteiger charge is 1.97. The van der Waals surface area contributed by atoms with Crippen LogP contribution >= 0.6 is 0 Å². The SMILES string of the molecule is C1CO1.CCCCCCCCCCCCCCCCCC(=O)O.OCCOCCOCCOCCO. The molecule has 1 fully saturated rings. The van der Waals surface area contributed by atoms with Gasteiger partial charge < -0.3 is 34.3 Å². The molecule has 1 aliphatic rings. The number of unbranched alkanes of at least 4 members (excludes halogenated alkanes) is 14. The zero-order chi connectivity index (χ0) is 26.8.